The molecule has 1 amide bonds. The van der Waals surface area contributed by atoms with Crippen molar-refractivity contribution in [2.75, 3.05) is 11.1 Å². The van der Waals surface area contributed by atoms with Gasteiger partial charge < -0.3 is 5.32 Å². The van der Waals surface area contributed by atoms with Crippen LogP contribution in [0.25, 0.3) is 11.4 Å². The van der Waals surface area contributed by atoms with Crippen LogP contribution in [0.2, 0.25) is 0 Å². The van der Waals surface area contributed by atoms with Crippen molar-refractivity contribution in [3.63, 3.8) is 0 Å². The lowest BCUT2D eigenvalue weighted by atomic mass is 10.2. The van der Waals surface area contributed by atoms with Crippen molar-refractivity contribution in [1.82, 2.24) is 19.3 Å². The van der Waals surface area contributed by atoms with Crippen molar-refractivity contribution < 1.29 is 4.79 Å². The number of benzene rings is 2. The van der Waals surface area contributed by atoms with E-state index in [1.807, 2.05) is 53.6 Å². The fourth-order valence-electron chi connectivity index (χ4n) is 3.44. The molecule has 2 aromatic heterocycles. The van der Waals surface area contributed by atoms with E-state index in [0.29, 0.717) is 0 Å². The summed E-state index contributed by atoms with van der Waals surface area (Å²) in [5.74, 6) is 0.177. The second-order valence-corrected chi connectivity index (χ2v) is 8.49. The third-order valence-electron chi connectivity index (χ3n) is 5.05. The number of imidazole rings is 1. The molecule has 2 heterocycles. The highest BCUT2D eigenvalue weighted by Crippen LogP contribution is 2.25. The summed E-state index contributed by atoms with van der Waals surface area (Å²) in [7, 11) is 0. The fourth-order valence-corrected chi connectivity index (χ4v) is 4.21. The molecule has 0 saturated carbocycles. The molecule has 0 unspecified atom stereocenters. The van der Waals surface area contributed by atoms with Crippen molar-refractivity contribution in [1.29, 1.82) is 0 Å². The molecule has 1 N–H and O–H groups in total. The highest BCUT2D eigenvalue weighted by molar-refractivity contribution is 7.99. The zero-order valence-electron chi connectivity index (χ0n) is 18.1. The molecule has 0 spiro atoms. The molecule has 4 aromatic rings. The van der Waals surface area contributed by atoms with Crippen molar-refractivity contribution in [3.8, 4) is 11.4 Å². The van der Waals surface area contributed by atoms with Crippen LogP contribution < -0.4 is 5.32 Å². The molecule has 0 atom stereocenters. The number of amides is 1. The third kappa shape index (κ3) is 4.56. The van der Waals surface area contributed by atoms with Gasteiger partial charge in [-0.05, 0) is 57.5 Å². The minimum atomic E-state index is -0.0848. The van der Waals surface area contributed by atoms with E-state index in [1.54, 1.807) is 6.20 Å². The van der Waals surface area contributed by atoms with Gasteiger partial charge in [0.25, 0.3) is 0 Å². The Bertz CT molecular complexity index is 1220. The summed E-state index contributed by atoms with van der Waals surface area (Å²) in [6.45, 7) is 7.98. The van der Waals surface area contributed by atoms with Crippen LogP contribution in [0.15, 0.2) is 66.1 Å². The SMILES string of the molecule is Cc1ccc(-n2nc(C)c(NC(=O)CSc3nccn3-c3cccc(C)c3)c2C)cc1. The van der Waals surface area contributed by atoms with Crippen LogP contribution in [0, 0.1) is 27.7 Å². The van der Waals surface area contributed by atoms with Crippen LogP contribution in [-0.2, 0) is 4.79 Å². The molecular formula is C24H25N5OS. The smallest absolute Gasteiger partial charge is 0.234 e. The van der Waals surface area contributed by atoms with Gasteiger partial charge in [0.05, 0.1) is 28.5 Å². The molecule has 0 bridgehead atoms. The number of aryl methyl sites for hydroxylation is 3. The lowest BCUT2D eigenvalue weighted by Crippen LogP contribution is -2.15. The summed E-state index contributed by atoms with van der Waals surface area (Å²) in [6.07, 6.45) is 3.66. The van der Waals surface area contributed by atoms with E-state index in [4.69, 9.17) is 0 Å². The first kappa shape index (κ1) is 20.9. The first-order valence-electron chi connectivity index (χ1n) is 10.1. The second-order valence-electron chi connectivity index (χ2n) is 7.55. The Morgan fingerprint density at radius 1 is 1.00 bits per heavy atom. The molecule has 0 aliphatic carbocycles. The van der Waals surface area contributed by atoms with Crippen LogP contribution in [0.1, 0.15) is 22.5 Å². The van der Waals surface area contributed by atoms with Gasteiger partial charge in [0.2, 0.25) is 5.91 Å². The van der Waals surface area contributed by atoms with E-state index in [0.717, 1.165) is 33.6 Å². The van der Waals surface area contributed by atoms with Crippen molar-refractivity contribution in [3.05, 3.63) is 83.4 Å². The predicted molar refractivity (Wildman–Crippen MR) is 125 cm³/mol. The summed E-state index contributed by atoms with van der Waals surface area (Å²) in [5.41, 5.74) is 6.83. The van der Waals surface area contributed by atoms with Gasteiger partial charge in [0.15, 0.2) is 5.16 Å². The molecule has 0 radical (unpaired) electrons. The Balaban J connectivity index is 1.46. The number of anilines is 1. The van der Waals surface area contributed by atoms with E-state index < -0.39 is 0 Å². The summed E-state index contributed by atoms with van der Waals surface area (Å²) in [5, 5.41) is 8.43. The summed E-state index contributed by atoms with van der Waals surface area (Å²) < 4.78 is 3.86. The van der Waals surface area contributed by atoms with Gasteiger partial charge in [-0.15, -0.1) is 0 Å². The number of hydrogen-bond donors (Lipinski definition) is 1. The van der Waals surface area contributed by atoms with Crippen LogP contribution in [0.4, 0.5) is 5.69 Å². The number of hydrogen-bond acceptors (Lipinski definition) is 4. The normalized spacial score (nSPS) is 11.0. The molecule has 7 heteroatoms. The number of thioether (sulfide) groups is 1. The molecule has 0 aliphatic rings. The van der Waals surface area contributed by atoms with Crippen LogP contribution in [0.5, 0.6) is 0 Å². The van der Waals surface area contributed by atoms with Gasteiger partial charge in [-0.3, -0.25) is 9.36 Å². The lowest BCUT2D eigenvalue weighted by Gasteiger charge is -2.09. The molecule has 0 saturated heterocycles. The number of aromatic nitrogens is 4. The van der Waals surface area contributed by atoms with Crippen LogP contribution >= 0.6 is 11.8 Å². The first-order valence-corrected chi connectivity index (χ1v) is 11.1. The third-order valence-corrected chi connectivity index (χ3v) is 6.02. The highest BCUT2D eigenvalue weighted by Gasteiger charge is 2.16. The molecule has 0 fully saturated rings. The molecule has 0 aliphatic heterocycles. The summed E-state index contributed by atoms with van der Waals surface area (Å²) in [6, 6.07) is 16.4. The fraction of sp³-hybridized carbons (Fsp3) is 0.208. The second kappa shape index (κ2) is 8.81. The van der Waals surface area contributed by atoms with E-state index in [2.05, 4.69) is 53.5 Å². The number of carbonyl (C=O) groups is 1. The van der Waals surface area contributed by atoms with Crippen molar-refractivity contribution in [2.45, 2.75) is 32.9 Å². The maximum Gasteiger partial charge on any atom is 0.234 e. The molecule has 158 valence electrons. The quantitative estimate of drug-likeness (QED) is 0.435. The van der Waals surface area contributed by atoms with Crippen LogP contribution in [-0.4, -0.2) is 31.0 Å². The molecular weight excluding hydrogens is 406 g/mol. The number of nitrogens with one attached hydrogen (secondary N) is 1. The zero-order valence-corrected chi connectivity index (χ0v) is 18.9. The minimum Gasteiger partial charge on any atom is -0.322 e. The van der Waals surface area contributed by atoms with Gasteiger partial charge in [0, 0.05) is 18.1 Å². The Morgan fingerprint density at radius 3 is 2.52 bits per heavy atom. The van der Waals surface area contributed by atoms with Gasteiger partial charge in [-0.25, -0.2) is 9.67 Å². The van der Waals surface area contributed by atoms with Crippen molar-refractivity contribution in [2.24, 2.45) is 0 Å². The average Bonchev–Trinajstić information content (AvgIpc) is 3.33. The Kier molecular flexibility index (Phi) is 5.95. The topological polar surface area (TPSA) is 64.7 Å². The van der Waals surface area contributed by atoms with Gasteiger partial charge >= 0.3 is 0 Å². The predicted octanol–water partition coefficient (Wildman–Crippen LogP) is 5.02. The molecule has 6 nitrogen and oxygen atoms in total. The summed E-state index contributed by atoms with van der Waals surface area (Å²) in [4.78, 5) is 17.1. The zero-order chi connectivity index (χ0) is 22.0. The van der Waals surface area contributed by atoms with E-state index in [9.17, 15) is 4.79 Å². The number of nitrogens with zero attached hydrogens (tertiary/aromatic N) is 4. The van der Waals surface area contributed by atoms with Gasteiger partial charge in [0.1, 0.15) is 0 Å². The Hall–Kier alpha value is -3.32. The van der Waals surface area contributed by atoms with Gasteiger partial charge in [-0.2, -0.15) is 5.10 Å². The van der Waals surface area contributed by atoms with E-state index in [-0.39, 0.29) is 11.7 Å². The van der Waals surface area contributed by atoms with Gasteiger partial charge in [-0.1, -0.05) is 41.6 Å². The Morgan fingerprint density at radius 2 is 1.77 bits per heavy atom. The maximum absolute atomic E-state index is 12.7. The average molecular weight is 432 g/mol. The minimum absolute atomic E-state index is 0.0848. The molecule has 2 aromatic carbocycles. The van der Waals surface area contributed by atoms with E-state index >= 15 is 0 Å². The lowest BCUT2D eigenvalue weighted by molar-refractivity contribution is -0.113. The summed E-state index contributed by atoms with van der Waals surface area (Å²) >= 11 is 1.41. The standard InChI is InChI=1S/C24H25N5OS/c1-16-8-10-20(11-9-16)29-19(4)23(18(3)27-29)26-22(30)15-31-24-25-12-13-28(24)21-7-5-6-17(2)14-21/h5-14H,15H2,1-4H3,(H,26,30). The number of carbonyl (C=O) groups excluding carboxylic acids is 1. The first-order chi connectivity index (χ1) is 14.9. The van der Waals surface area contributed by atoms with Crippen molar-refractivity contribution >= 4 is 23.4 Å². The Labute approximate surface area is 186 Å². The maximum atomic E-state index is 12.7. The van der Waals surface area contributed by atoms with E-state index in [1.165, 1.54) is 22.9 Å². The monoisotopic (exact) mass is 431 g/mol. The van der Waals surface area contributed by atoms with Crippen LogP contribution in [0.3, 0.4) is 0 Å². The molecule has 4 rings (SSSR count). The molecule has 31 heavy (non-hydrogen) atoms. The number of rotatable bonds is 6. The largest absolute Gasteiger partial charge is 0.322 e. The highest BCUT2D eigenvalue weighted by atomic mass is 32.2.